The van der Waals surface area contributed by atoms with E-state index in [0.29, 0.717) is 19.7 Å². The Kier molecular flexibility index (Phi) is 4.38. The summed E-state index contributed by atoms with van der Waals surface area (Å²) in [6.07, 6.45) is 1.90. The fourth-order valence-electron chi connectivity index (χ4n) is 2.65. The molecule has 0 N–H and O–H groups in total. The van der Waals surface area contributed by atoms with Crippen molar-refractivity contribution >= 4 is 21.5 Å². The first-order valence-corrected chi connectivity index (χ1v) is 9.73. The zero-order valence-electron chi connectivity index (χ0n) is 12.4. The third-order valence-electron chi connectivity index (χ3n) is 4.02. The van der Waals surface area contributed by atoms with Crippen molar-refractivity contribution in [3.05, 3.63) is 22.4 Å². The Balaban J connectivity index is 1.83. The normalized spacial score (nSPS) is 28.1. The molecule has 5 nitrogen and oxygen atoms in total. The van der Waals surface area contributed by atoms with E-state index in [0.717, 1.165) is 18.4 Å². The number of thiophene rings is 1. The van der Waals surface area contributed by atoms with Gasteiger partial charge in [0, 0.05) is 25.2 Å². The summed E-state index contributed by atoms with van der Waals surface area (Å²) >= 11 is 1.61. The summed E-state index contributed by atoms with van der Waals surface area (Å²) in [5.41, 5.74) is 1.07. The summed E-state index contributed by atoms with van der Waals surface area (Å²) in [4.78, 5) is 0. The van der Waals surface area contributed by atoms with Crippen LogP contribution in [0.2, 0.25) is 0 Å². The quantitative estimate of drug-likeness (QED) is 0.830. The van der Waals surface area contributed by atoms with Crippen LogP contribution in [-0.4, -0.2) is 48.4 Å². The van der Waals surface area contributed by atoms with Gasteiger partial charge in [-0.15, -0.1) is 0 Å². The molecule has 0 bridgehead atoms. The molecule has 1 aliphatic carbocycles. The lowest BCUT2D eigenvalue weighted by atomic mass is 10.2. The Morgan fingerprint density at radius 1 is 1.43 bits per heavy atom. The average Bonchev–Trinajstić information content (AvgIpc) is 3.14. The van der Waals surface area contributed by atoms with E-state index >= 15 is 0 Å². The highest BCUT2D eigenvalue weighted by atomic mass is 32.2. The van der Waals surface area contributed by atoms with Crippen LogP contribution in [0.3, 0.4) is 0 Å². The second-order valence-corrected chi connectivity index (χ2v) is 8.59. The van der Waals surface area contributed by atoms with Crippen molar-refractivity contribution in [2.45, 2.75) is 51.4 Å². The van der Waals surface area contributed by atoms with Gasteiger partial charge in [-0.25, -0.2) is 0 Å². The molecule has 0 amide bonds. The summed E-state index contributed by atoms with van der Waals surface area (Å²) in [6, 6.07) is 2.07. The molecule has 3 rings (SSSR count). The maximum atomic E-state index is 13.0. The largest absolute Gasteiger partial charge is 0.375 e. The molecule has 21 heavy (non-hydrogen) atoms. The molecule has 1 aromatic rings. The fraction of sp³-hybridized carbons (Fsp3) is 0.714. The number of hydrogen-bond donors (Lipinski definition) is 0. The van der Waals surface area contributed by atoms with E-state index < -0.39 is 10.2 Å². The van der Waals surface area contributed by atoms with E-state index in [9.17, 15) is 8.42 Å². The maximum absolute atomic E-state index is 13.0. The lowest BCUT2D eigenvalue weighted by Gasteiger charge is -2.38. The van der Waals surface area contributed by atoms with Crippen molar-refractivity contribution in [3.8, 4) is 0 Å². The van der Waals surface area contributed by atoms with Crippen LogP contribution >= 0.6 is 11.3 Å². The third kappa shape index (κ3) is 3.32. The van der Waals surface area contributed by atoms with E-state index in [4.69, 9.17) is 4.74 Å². The zero-order chi connectivity index (χ0) is 15.0. The molecule has 118 valence electrons. The van der Waals surface area contributed by atoms with Crippen molar-refractivity contribution < 1.29 is 13.2 Å². The molecular formula is C14H22N2O3S2. The molecule has 1 aromatic heterocycles. The molecule has 7 heteroatoms. The van der Waals surface area contributed by atoms with Crippen LogP contribution < -0.4 is 0 Å². The molecule has 0 radical (unpaired) electrons. The van der Waals surface area contributed by atoms with E-state index in [1.807, 2.05) is 30.7 Å². The minimum absolute atomic E-state index is 0.0434. The van der Waals surface area contributed by atoms with E-state index in [1.165, 1.54) is 0 Å². The van der Waals surface area contributed by atoms with Crippen molar-refractivity contribution in [3.63, 3.8) is 0 Å². The molecule has 0 spiro atoms. The second-order valence-electron chi connectivity index (χ2n) is 5.98. The summed E-state index contributed by atoms with van der Waals surface area (Å²) in [6.45, 7) is 5.23. The molecule has 0 aromatic carbocycles. The highest BCUT2D eigenvalue weighted by Crippen LogP contribution is 2.33. The first-order chi connectivity index (χ1) is 9.98. The molecular weight excluding hydrogens is 308 g/mol. The highest BCUT2D eigenvalue weighted by molar-refractivity contribution is 7.86. The number of hydrogen-bond acceptors (Lipinski definition) is 4. The van der Waals surface area contributed by atoms with E-state index in [2.05, 4.69) is 0 Å². The predicted octanol–water partition coefficient (Wildman–Crippen LogP) is 2.07. The summed E-state index contributed by atoms with van der Waals surface area (Å²) < 4.78 is 35.0. The van der Waals surface area contributed by atoms with Crippen molar-refractivity contribution in [1.29, 1.82) is 0 Å². The Morgan fingerprint density at radius 2 is 2.19 bits per heavy atom. The Bertz CT molecular complexity index is 569. The summed E-state index contributed by atoms with van der Waals surface area (Å²) in [5, 5.41) is 4.02. The average molecular weight is 330 g/mol. The smallest absolute Gasteiger partial charge is 0.282 e. The minimum Gasteiger partial charge on any atom is -0.375 e. The molecule has 2 atom stereocenters. The monoisotopic (exact) mass is 330 g/mol. The van der Waals surface area contributed by atoms with Crippen LogP contribution in [0.15, 0.2) is 16.8 Å². The van der Waals surface area contributed by atoms with Crippen LogP contribution in [0.4, 0.5) is 0 Å². The lowest BCUT2D eigenvalue weighted by molar-refractivity contribution is -0.0192. The van der Waals surface area contributed by atoms with Gasteiger partial charge in [-0.1, -0.05) is 0 Å². The predicted molar refractivity (Wildman–Crippen MR) is 83.4 cm³/mol. The molecule has 2 fully saturated rings. The second kappa shape index (κ2) is 5.96. The lowest BCUT2D eigenvalue weighted by Crippen LogP contribution is -2.55. The van der Waals surface area contributed by atoms with E-state index in [-0.39, 0.29) is 18.2 Å². The van der Waals surface area contributed by atoms with Gasteiger partial charge in [-0.2, -0.15) is 28.4 Å². The van der Waals surface area contributed by atoms with Gasteiger partial charge in [-0.3, -0.25) is 0 Å². The van der Waals surface area contributed by atoms with Gasteiger partial charge < -0.3 is 4.74 Å². The van der Waals surface area contributed by atoms with Gasteiger partial charge in [-0.05, 0) is 49.1 Å². The molecule has 0 unspecified atom stereocenters. The first-order valence-electron chi connectivity index (χ1n) is 7.40. The fourth-order valence-corrected chi connectivity index (χ4v) is 5.40. The third-order valence-corrected chi connectivity index (χ3v) is 6.87. The Hall–Kier alpha value is -0.470. The maximum Gasteiger partial charge on any atom is 0.282 e. The number of ether oxygens (including phenoxy) is 1. The minimum atomic E-state index is -3.43. The highest BCUT2D eigenvalue weighted by Gasteiger charge is 2.43. The van der Waals surface area contributed by atoms with Crippen LogP contribution in [0.1, 0.15) is 32.3 Å². The van der Waals surface area contributed by atoms with Crippen molar-refractivity contribution in [2.75, 3.05) is 13.2 Å². The number of morpholine rings is 1. The number of nitrogens with zero attached hydrogens (tertiary/aromatic N) is 2. The van der Waals surface area contributed by atoms with Crippen molar-refractivity contribution in [2.24, 2.45) is 0 Å². The summed E-state index contributed by atoms with van der Waals surface area (Å²) in [5.74, 6) is 0. The van der Waals surface area contributed by atoms with Crippen molar-refractivity contribution in [1.82, 2.24) is 8.61 Å². The molecule has 2 aliphatic rings. The molecule has 1 aliphatic heterocycles. The number of rotatable bonds is 5. The van der Waals surface area contributed by atoms with Gasteiger partial charge in [0.1, 0.15) is 0 Å². The van der Waals surface area contributed by atoms with E-state index in [1.54, 1.807) is 19.9 Å². The first kappa shape index (κ1) is 15.4. The molecule has 1 saturated carbocycles. The van der Waals surface area contributed by atoms with Crippen LogP contribution in [0.5, 0.6) is 0 Å². The topological polar surface area (TPSA) is 49.9 Å². The molecule has 1 saturated heterocycles. The van der Waals surface area contributed by atoms with Gasteiger partial charge in [0.2, 0.25) is 0 Å². The zero-order valence-corrected chi connectivity index (χ0v) is 14.1. The van der Waals surface area contributed by atoms with Gasteiger partial charge in [0.05, 0.1) is 12.7 Å². The molecule has 2 heterocycles. The Labute approximate surface area is 130 Å². The van der Waals surface area contributed by atoms with Crippen LogP contribution in [0.25, 0.3) is 0 Å². The SMILES string of the molecule is C[C@@H]1CO[C@@H](C)CN1S(=O)(=O)N(Cc1ccsc1)C1CC1. The van der Waals surface area contributed by atoms with Gasteiger partial charge >= 0.3 is 0 Å². The van der Waals surface area contributed by atoms with Crippen LogP contribution in [0, 0.1) is 0 Å². The van der Waals surface area contributed by atoms with Crippen LogP contribution in [-0.2, 0) is 21.5 Å². The standard InChI is InChI=1S/C14H22N2O3S2/c1-11-9-19-12(2)7-15(11)21(17,18)16(14-3-4-14)8-13-5-6-20-10-13/h5-6,10-12,14H,3-4,7-9H2,1-2H3/t11-,12+/m1/s1. The Morgan fingerprint density at radius 3 is 2.81 bits per heavy atom. The van der Waals surface area contributed by atoms with Gasteiger partial charge in [0.15, 0.2) is 0 Å². The summed E-state index contributed by atoms with van der Waals surface area (Å²) in [7, 11) is -3.43. The van der Waals surface area contributed by atoms with Gasteiger partial charge in [0.25, 0.3) is 10.2 Å².